The number of rotatable bonds is 5. The average Bonchev–Trinajstić information content (AvgIpc) is 3.37. The van der Waals surface area contributed by atoms with Crippen LogP contribution in [0.5, 0.6) is 0 Å². The Labute approximate surface area is 186 Å². The molecule has 1 aromatic heterocycles. The van der Waals surface area contributed by atoms with Crippen molar-refractivity contribution in [3.63, 3.8) is 0 Å². The molecular weight excluding hydrogens is 421 g/mol. The van der Waals surface area contributed by atoms with Gasteiger partial charge >= 0.3 is 0 Å². The maximum Gasteiger partial charge on any atom is 0.270 e. The molecule has 1 N–H and O–H groups in total. The van der Waals surface area contributed by atoms with Crippen molar-refractivity contribution in [3.8, 4) is 0 Å². The van der Waals surface area contributed by atoms with Crippen LogP contribution < -0.4 is 5.32 Å². The summed E-state index contributed by atoms with van der Waals surface area (Å²) in [7, 11) is 0. The molecule has 1 fully saturated rings. The summed E-state index contributed by atoms with van der Waals surface area (Å²) < 4.78 is 21.0. The van der Waals surface area contributed by atoms with Crippen LogP contribution >= 0.6 is 11.6 Å². The van der Waals surface area contributed by atoms with E-state index in [-0.39, 0.29) is 35.5 Å². The van der Waals surface area contributed by atoms with Crippen molar-refractivity contribution in [1.29, 1.82) is 0 Å². The molecule has 0 unspecified atom stereocenters. The van der Waals surface area contributed by atoms with Crippen LogP contribution in [0.3, 0.4) is 0 Å². The summed E-state index contributed by atoms with van der Waals surface area (Å²) in [6.07, 6.45) is 2.60. The topological polar surface area (TPSA) is 63.6 Å². The Morgan fingerprint density at radius 2 is 2.13 bits per heavy atom. The van der Waals surface area contributed by atoms with E-state index >= 15 is 0 Å². The number of carbonyl (C=O) groups is 2. The number of hydrogen-bond donors (Lipinski definition) is 1. The highest BCUT2D eigenvalue weighted by atomic mass is 35.5. The van der Waals surface area contributed by atoms with Gasteiger partial charge < -0.3 is 19.5 Å². The molecule has 0 radical (unpaired) electrons. The standard InChI is InChI=1S/C23H27ClFN3O3/c1-3-19(15-6-7-18(25)17(24)11-15)26-22(29)16-12-20(28-9-10-31-13-21(16)28)23(30)27-8-4-5-14(27)2/h6-7,11-12,14,19H,3-5,8-10,13H2,1-2H3,(H,26,29)/t14-,19+/m0/s1. The summed E-state index contributed by atoms with van der Waals surface area (Å²) in [5.41, 5.74) is 2.43. The molecule has 2 aliphatic rings. The fraction of sp³-hybridized carbons (Fsp3) is 0.478. The van der Waals surface area contributed by atoms with Crippen LogP contribution in [0.25, 0.3) is 0 Å². The number of halogens is 2. The Kier molecular flexibility index (Phi) is 6.34. The summed E-state index contributed by atoms with van der Waals surface area (Å²) in [6, 6.07) is 6.02. The van der Waals surface area contributed by atoms with Gasteiger partial charge in [-0.05, 0) is 49.9 Å². The minimum Gasteiger partial charge on any atom is -0.373 e. The molecule has 2 atom stereocenters. The monoisotopic (exact) mass is 447 g/mol. The fourth-order valence-electron chi connectivity index (χ4n) is 4.47. The molecule has 0 saturated carbocycles. The normalized spacial score (nSPS) is 19.2. The number of aromatic nitrogens is 1. The second-order valence-electron chi connectivity index (χ2n) is 8.19. The highest BCUT2D eigenvalue weighted by molar-refractivity contribution is 6.30. The van der Waals surface area contributed by atoms with Crippen LogP contribution in [0, 0.1) is 5.82 Å². The molecule has 0 aliphatic carbocycles. The summed E-state index contributed by atoms with van der Waals surface area (Å²) in [5.74, 6) is -0.816. The van der Waals surface area contributed by atoms with Gasteiger partial charge in [0.25, 0.3) is 11.8 Å². The van der Waals surface area contributed by atoms with Crippen molar-refractivity contribution in [2.45, 2.75) is 58.3 Å². The molecule has 4 rings (SSSR count). The van der Waals surface area contributed by atoms with Gasteiger partial charge in [0.2, 0.25) is 0 Å². The summed E-state index contributed by atoms with van der Waals surface area (Å²) in [5, 5.41) is 3.03. The molecule has 2 aromatic rings. The van der Waals surface area contributed by atoms with Crippen molar-refractivity contribution in [1.82, 2.24) is 14.8 Å². The molecule has 3 heterocycles. The SMILES string of the molecule is CC[C@@H](NC(=O)c1cc(C(=O)N2CCC[C@@H]2C)n2c1COCC2)c1ccc(F)c(Cl)c1. The van der Waals surface area contributed by atoms with Gasteiger partial charge in [-0.1, -0.05) is 24.6 Å². The fourth-order valence-corrected chi connectivity index (χ4v) is 4.66. The van der Waals surface area contributed by atoms with E-state index in [2.05, 4.69) is 12.2 Å². The zero-order valence-corrected chi connectivity index (χ0v) is 18.5. The van der Waals surface area contributed by atoms with Crippen molar-refractivity contribution < 1.29 is 18.7 Å². The van der Waals surface area contributed by atoms with Gasteiger partial charge in [-0.25, -0.2) is 4.39 Å². The second kappa shape index (κ2) is 9.01. The predicted octanol–water partition coefficient (Wildman–Crippen LogP) is 4.32. The molecule has 0 bridgehead atoms. The smallest absolute Gasteiger partial charge is 0.270 e. The third-order valence-corrected chi connectivity index (χ3v) is 6.53. The van der Waals surface area contributed by atoms with Crippen LogP contribution in [-0.4, -0.2) is 40.5 Å². The Morgan fingerprint density at radius 1 is 1.32 bits per heavy atom. The van der Waals surface area contributed by atoms with E-state index < -0.39 is 5.82 Å². The van der Waals surface area contributed by atoms with Crippen LogP contribution in [0.2, 0.25) is 5.02 Å². The van der Waals surface area contributed by atoms with E-state index in [0.29, 0.717) is 36.5 Å². The highest BCUT2D eigenvalue weighted by Crippen LogP contribution is 2.27. The maximum atomic E-state index is 13.5. The van der Waals surface area contributed by atoms with Crippen molar-refractivity contribution in [3.05, 3.63) is 57.6 Å². The number of fused-ring (bicyclic) bond motifs is 1. The van der Waals surface area contributed by atoms with Gasteiger partial charge in [-0.2, -0.15) is 0 Å². The average molecular weight is 448 g/mol. The van der Waals surface area contributed by atoms with Gasteiger partial charge in [0.05, 0.1) is 35.5 Å². The first-order valence-corrected chi connectivity index (χ1v) is 11.2. The molecule has 2 aliphatic heterocycles. The van der Waals surface area contributed by atoms with Crippen molar-refractivity contribution in [2.24, 2.45) is 0 Å². The third kappa shape index (κ3) is 4.21. The molecule has 8 heteroatoms. The van der Waals surface area contributed by atoms with Gasteiger partial charge in [0, 0.05) is 19.1 Å². The van der Waals surface area contributed by atoms with Gasteiger partial charge in [0.1, 0.15) is 11.5 Å². The van der Waals surface area contributed by atoms with E-state index in [9.17, 15) is 14.0 Å². The maximum absolute atomic E-state index is 13.5. The Hall–Kier alpha value is -2.38. The van der Waals surface area contributed by atoms with Crippen LogP contribution in [0.15, 0.2) is 24.3 Å². The minimum absolute atomic E-state index is 0.0208. The van der Waals surface area contributed by atoms with E-state index in [0.717, 1.165) is 24.9 Å². The lowest BCUT2D eigenvalue weighted by atomic mass is 10.0. The molecule has 6 nitrogen and oxygen atoms in total. The first-order valence-electron chi connectivity index (χ1n) is 10.8. The van der Waals surface area contributed by atoms with Crippen molar-refractivity contribution >= 4 is 23.4 Å². The lowest BCUT2D eigenvalue weighted by Crippen LogP contribution is -2.35. The van der Waals surface area contributed by atoms with Crippen LogP contribution in [-0.2, 0) is 17.9 Å². The second-order valence-corrected chi connectivity index (χ2v) is 8.60. The Balaban J connectivity index is 1.62. The highest BCUT2D eigenvalue weighted by Gasteiger charge is 2.32. The first-order chi connectivity index (χ1) is 14.9. The number of benzene rings is 1. The Morgan fingerprint density at radius 3 is 2.81 bits per heavy atom. The van der Waals surface area contributed by atoms with Gasteiger partial charge in [-0.3, -0.25) is 9.59 Å². The number of nitrogens with one attached hydrogen (secondary N) is 1. The molecule has 31 heavy (non-hydrogen) atoms. The van der Waals surface area contributed by atoms with Gasteiger partial charge in [0.15, 0.2) is 0 Å². The number of likely N-dealkylation sites (tertiary alicyclic amines) is 1. The number of ether oxygens (including phenoxy) is 1. The van der Waals surface area contributed by atoms with Crippen molar-refractivity contribution in [2.75, 3.05) is 13.2 Å². The molecule has 0 spiro atoms. The molecule has 1 saturated heterocycles. The molecule has 1 aromatic carbocycles. The zero-order valence-electron chi connectivity index (χ0n) is 17.8. The van der Waals surface area contributed by atoms with E-state index in [1.165, 1.54) is 12.1 Å². The number of hydrogen-bond acceptors (Lipinski definition) is 3. The number of carbonyl (C=O) groups excluding carboxylic acids is 2. The quantitative estimate of drug-likeness (QED) is 0.742. The zero-order chi connectivity index (χ0) is 22.1. The number of amides is 2. The van der Waals surface area contributed by atoms with Crippen LogP contribution in [0.1, 0.15) is 71.3 Å². The van der Waals surface area contributed by atoms with E-state index in [1.807, 2.05) is 16.4 Å². The molecular formula is C23H27ClFN3O3. The number of nitrogens with zero attached hydrogens (tertiary/aromatic N) is 2. The first kappa shape index (κ1) is 21.8. The predicted molar refractivity (Wildman–Crippen MR) is 116 cm³/mol. The molecule has 2 amide bonds. The summed E-state index contributed by atoms with van der Waals surface area (Å²) in [6.45, 7) is 6.05. The van der Waals surface area contributed by atoms with E-state index in [1.54, 1.807) is 12.1 Å². The molecule has 166 valence electrons. The lowest BCUT2D eigenvalue weighted by molar-refractivity contribution is 0.0683. The lowest BCUT2D eigenvalue weighted by Gasteiger charge is -2.24. The minimum atomic E-state index is -0.496. The largest absolute Gasteiger partial charge is 0.373 e. The van der Waals surface area contributed by atoms with E-state index in [4.69, 9.17) is 16.3 Å². The summed E-state index contributed by atoms with van der Waals surface area (Å²) >= 11 is 5.93. The van der Waals surface area contributed by atoms with Crippen LogP contribution in [0.4, 0.5) is 4.39 Å². The third-order valence-electron chi connectivity index (χ3n) is 6.24. The summed E-state index contributed by atoms with van der Waals surface area (Å²) in [4.78, 5) is 28.3. The Bertz CT molecular complexity index is 1010. The van der Waals surface area contributed by atoms with Gasteiger partial charge in [-0.15, -0.1) is 0 Å².